The molecule has 5 nitrogen and oxygen atoms in total. The highest BCUT2D eigenvalue weighted by Crippen LogP contribution is 2.22. The van der Waals surface area contributed by atoms with Crippen molar-refractivity contribution in [3.63, 3.8) is 0 Å². The number of hydrogen-bond acceptors (Lipinski definition) is 5. The van der Waals surface area contributed by atoms with Gasteiger partial charge in [-0.3, -0.25) is 0 Å². The molecule has 0 saturated heterocycles. The lowest BCUT2D eigenvalue weighted by Gasteiger charge is -2.11. The van der Waals surface area contributed by atoms with Crippen LogP contribution in [0.15, 0.2) is 24.5 Å². The zero-order valence-electron chi connectivity index (χ0n) is 8.97. The van der Waals surface area contributed by atoms with Gasteiger partial charge in [0.25, 0.3) is 0 Å². The van der Waals surface area contributed by atoms with Gasteiger partial charge in [0.05, 0.1) is 18.2 Å². The number of rotatable bonds is 4. The lowest BCUT2D eigenvalue weighted by atomic mass is 10.2. The van der Waals surface area contributed by atoms with Crippen molar-refractivity contribution in [1.82, 2.24) is 9.97 Å². The highest BCUT2D eigenvalue weighted by molar-refractivity contribution is 6.31. The van der Waals surface area contributed by atoms with Gasteiger partial charge in [-0.1, -0.05) is 11.6 Å². The molecule has 0 fully saturated rings. The van der Waals surface area contributed by atoms with Crippen LogP contribution in [0.3, 0.4) is 0 Å². The minimum Gasteiger partial charge on any atom is -0.394 e. The van der Waals surface area contributed by atoms with E-state index in [2.05, 4.69) is 15.3 Å². The van der Waals surface area contributed by atoms with E-state index in [0.29, 0.717) is 10.8 Å². The normalized spacial score (nSPS) is 12.6. The molecule has 0 aliphatic heterocycles. The summed E-state index contributed by atoms with van der Waals surface area (Å²) >= 11 is 5.87. The number of anilines is 1. The zero-order valence-corrected chi connectivity index (χ0v) is 9.72. The van der Waals surface area contributed by atoms with Crippen molar-refractivity contribution >= 4 is 28.3 Å². The Hall–Kier alpha value is -1.43. The van der Waals surface area contributed by atoms with Crippen LogP contribution in [0.25, 0.3) is 10.9 Å². The maximum absolute atomic E-state index is 9.26. The van der Waals surface area contributed by atoms with Crippen LogP contribution in [0.2, 0.25) is 5.02 Å². The van der Waals surface area contributed by atoms with Crippen molar-refractivity contribution in [2.24, 2.45) is 0 Å². The Morgan fingerprint density at radius 1 is 1.35 bits per heavy atom. The van der Waals surface area contributed by atoms with Crippen LogP contribution in [0.1, 0.15) is 0 Å². The molecule has 3 N–H and O–H groups in total. The number of nitrogens with zero attached hydrogens (tertiary/aromatic N) is 2. The Balaban J connectivity index is 2.28. The topological polar surface area (TPSA) is 78.3 Å². The number of benzene rings is 1. The van der Waals surface area contributed by atoms with Gasteiger partial charge in [0.15, 0.2) is 0 Å². The monoisotopic (exact) mass is 253 g/mol. The average Bonchev–Trinajstić information content (AvgIpc) is 2.35. The summed E-state index contributed by atoms with van der Waals surface area (Å²) in [4.78, 5) is 8.19. The molecule has 0 saturated carbocycles. The van der Waals surface area contributed by atoms with Gasteiger partial charge >= 0.3 is 0 Å². The second kappa shape index (κ2) is 5.27. The first-order chi connectivity index (χ1) is 8.20. The minimum atomic E-state index is -0.813. The molecule has 90 valence electrons. The van der Waals surface area contributed by atoms with Crippen LogP contribution in [0.5, 0.6) is 0 Å². The fraction of sp³-hybridized carbons (Fsp3) is 0.273. The lowest BCUT2D eigenvalue weighted by molar-refractivity contribution is 0.105. The van der Waals surface area contributed by atoms with Crippen LogP contribution in [-0.2, 0) is 0 Å². The lowest BCUT2D eigenvalue weighted by Crippen LogP contribution is -2.23. The van der Waals surface area contributed by atoms with Crippen molar-refractivity contribution in [1.29, 1.82) is 0 Å². The highest BCUT2D eigenvalue weighted by Gasteiger charge is 2.06. The number of fused-ring (bicyclic) bond motifs is 1. The van der Waals surface area contributed by atoms with Gasteiger partial charge in [-0.15, -0.1) is 0 Å². The predicted molar refractivity (Wildman–Crippen MR) is 66.1 cm³/mol. The summed E-state index contributed by atoms with van der Waals surface area (Å²) < 4.78 is 0. The van der Waals surface area contributed by atoms with Gasteiger partial charge in [0.2, 0.25) is 0 Å². The Morgan fingerprint density at radius 3 is 2.94 bits per heavy atom. The molecule has 1 heterocycles. The van der Waals surface area contributed by atoms with E-state index in [0.717, 1.165) is 10.9 Å². The summed E-state index contributed by atoms with van der Waals surface area (Å²) in [6, 6.07) is 5.30. The van der Waals surface area contributed by atoms with Crippen molar-refractivity contribution < 1.29 is 10.2 Å². The average molecular weight is 254 g/mol. The van der Waals surface area contributed by atoms with Gasteiger partial charge in [-0.05, 0) is 18.2 Å². The van der Waals surface area contributed by atoms with Crippen molar-refractivity contribution in [3.8, 4) is 0 Å². The summed E-state index contributed by atoms with van der Waals surface area (Å²) in [7, 11) is 0. The molecule has 17 heavy (non-hydrogen) atoms. The van der Waals surface area contributed by atoms with E-state index in [4.69, 9.17) is 16.7 Å². The molecule has 0 unspecified atom stereocenters. The maximum Gasteiger partial charge on any atom is 0.137 e. The van der Waals surface area contributed by atoms with E-state index >= 15 is 0 Å². The SMILES string of the molecule is OC[C@@H](O)CNc1ncnc2cc(Cl)ccc12. The fourth-order valence-corrected chi connectivity index (χ4v) is 1.62. The number of aromatic nitrogens is 2. The molecular formula is C11H12ClN3O2. The van der Waals surface area contributed by atoms with E-state index < -0.39 is 6.10 Å². The second-order valence-corrected chi connectivity index (χ2v) is 4.04. The van der Waals surface area contributed by atoms with Crippen LogP contribution in [0.4, 0.5) is 5.82 Å². The van der Waals surface area contributed by atoms with Crippen molar-refractivity contribution in [2.75, 3.05) is 18.5 Å². The smallest absolute Gasteiger partial charge is 0.137 e. The molecule has 6 heteroatoms. The zero-order chi connectivity index (χ0) is 12.3. The molecule has 0 bridgehead atoms. The quantitative estimate of drug-likeness (QED) is 0.759. The van der Waals surface area contributed by atoms with Crippen LogP contribution in [-0.4, -0.2) is 39.4 Å². The van der Waals surface area contributed by atoms with Gasteiger partial charge in [0, 0.05) is 17.0 Å². The van der Waals surface area contributed by atoms with Crippen molar-refractivity contribution in [3.05, 3.63) is 29.5 Å². The van der Waals surface area contributed by atoms with Gasteiger partial charge in [-0.25, -0.2) is 9.97 Å². The van der Waals surface area contributed by atoms with E-state index in [1.807, 2.05) is 6.07 Å². The molecule has 1 aromatic heterocycles. The van der Waals surface area contributed by atoms with Crippen molar-refractivity contribution in [2.45, 2.75) is 6.10 Å². The molecule has 0 radical (unpaired) electrons. The molecule has 2 rings (SSSR count). The van der Waals surface area contributed by atoms with E-state index in [1.54, 1.807) is 12.1 Å². The molecule has 0 aliphatic carbocycles. The van der Waals surface area contributed by atoms with Gasteiger partial charge < -0.3 is 15.5 Å². The molecule has 0 aliphatic rings. The minimum absolute atomic E-state index is 0.227. The summed E-state index contributed by atoms with van der Waals surface area (Å²) in [5.41, 5.74) is 0.730. The number of nitrogens with one attached hydrogen (secondary N) is 1. The number of halogens is 1. The van der Waals surface area contributed by atoms with Crippen LogP contribution in [0, 0.1) is 0 Å². The van der Waals surface area contributed by atoms with Gasteiger partial charge in [-0.2, -0.15) is 0 Å². The second-order valence-electron chi connectivity index (χ2n) is 3.60. The van der Waals surface area contributed by atoms with E-state index in [1.165, 1.54) is 6.33 Å². The third-order valence-corrected chi connectivity index (χ3v) is 2.55. The predicted octanol–water partition coefficient (Wildman–Crippen LogP) is 1.05. The first-order valence-corrected chi connectivity index (χ1v) is 5.51. The Morgan fingerprint density at radius 2 is 2.18 bits per heavy atom. The molecule has 0 spiro atoms. The summed E-state index contributed by atoms with van der Waals surface area (Å²) in [6.07, 6.45) is 0.610. The molecule has 1 atom stereocenters. The Bertz CT molecular complexity index is 521. The Labute approximate surface area is 103 Å². The molecule has 2 aromatic rings. The molecular weight excluding hydrogens is 242 g/mol. The molecule has 0 amide bonds. The first-order valence-electron chi connectivity index (χ1n) is 5.14. The first kappa shape index (κ1) is 12.0. The number of hydrogen-bond donors (Lipinski definition) is 3. The largest absolute Gasteiger partial charge is 0.394 e. The summed E-state index contributed by atoms with van der Waals surface area (Å²) in [6.45, 7) is -0.0624. The Kier molecular flexibility index (Phi) is 3.73. The van der Waals surface area contributed by atoms with E-state index in [9.17, 15) is 5.11 Å². The number of aliphatic hydroxyl groups is 2. The highest BCUT2D eigenvalue weighted by atomic mass is 35.5. The number of aliphatic hydroxyl groups excluding tert-OH is 2. The van der Waals surface area contributed by atoms with Crippen LogP contribution >= 0.6 is 11.6 Å². The molecule has 1 aromatic carbocycles. The van der Waals surface area contributed by atoms with E-state index in [-0.39, 0.29) is 13.2 Å². The summed E-state index contributed by atoms with van der Waals surface area (Å²) in [5.74, 6) is 0.610. The van der Waals surface area contributed by atoms with Gasteiger partial charge in [0.1, 0.15) is 12.1 Å². The third-order valence-electron chi connectivity index (χ3n) is 2.31. The maximum atomic E-state index is 9.26. The fourth-order valence-electron chi connectivity index (χ4n) is 1.45. The van der Waals surface area contributed by atoms with Crippen LogP contribution < -0.4 is 5.32 Å². The third kappa shape index (κ3) is 2.82. The summed E-state index contributed by atoms with van der Waals surface area (Å²) in [5, 5.41) is 22.4. The standard InChI is InChI=1S/C11H12ClN3O2/c12-7-1-2-9-10(3-7)14-6-15-11(9)13-4-8(17)5-16/h1-3,6,8,16-17H,4-5H2,(H,13,14,15)/t8-/m0/s1.